The second-order valence-corrected chi connectivity index (χ2v) is 18.7. The fourth-order valence-electron chi connectivity index (χ4n) is 9.05. The first kappa shape index (κ1) is 58.5. The average molecular weight is 996 g/mol. The van der Waals surface area contributed by atoms with E-state index in [4.69, 9.17) is 37.9 Å². The minimum absolute atomic E-state index is 0. The van der Waals surface area contributed by atoms with E-state index >= 15 is 0 Å². The summed E-state index contributed by atoms with van der Waals surface area (Å²) in [7, 11) is 2.16. The Balaban J connectivity index is 0.0000107. The van der Waals surface area contributed by atoms with Gasteiger partial charge >= 0.3 is 6.09 Å². The number of nitrogens with zero attached hydrogens (tertiary/aromatic N) is 2. The summed E-state index contributed by atoms with van der Waals surface area (Å²) in [5.74, 6) is 0.0604. The van der Waals surface area contributed by atoms with E-state index in [1.54, 1.807) is 0 Å². The van der Waals surface area contributed by atoms with E-state index in [2.05, 4.69) is 128 Å². The first-order valence-corrected chi connectivity index (χ1v) is 25.5. The normalized spacial score (nSPS) is 18.0. The minimum Gasteiger partial charge on any atom is -1.00 e. The Bertz CT molecular complexity index is 1970. The number of unbranched alkanes of at least 4 members (excludes halogenated alkanes) is 2. The summed E-state index contributed by atoms with van der Waals surface area (Å²) >= 11 is 0. The number of alkyl carbamates (subject to hydrolysis) is 1. The Morgan fingerprint density at radius 1 is 0.671 bits per heavy atom. The lowest BCUT2D eigenvalue weighted by atomic mass is 9.81. The third-order valence-electron chi connectivity index (χ3n) is 12.8. The van der Waals surface area contributed by atoms with Gasteiger partial charge in [-0.2, -0.15) is 4.58 Å². The highest BCUT2D eigenvalue weighted by atomic mass is 35.5. The van der Waals surface area contributed by atoms with Gasteiger partial charge in [-0.05, 0) is 76.2 Å². The van der Waals surface area contributed by atoms with E-state index in [-0.39, 0.29) is 35.2 Å². The van der Waals surface area contributed by atoms with Gasteiger partial charge in [-0.25, -0.2) is 4.79 Å². The van der Waals surface area contributed by atoms with E-state index in [1.165, 1.54) is 46.8 Å². The van der Waals surface area contributed by atoms with Gasteiger partial charge in [-0.1, -0.05) is 75.2 Å². The highest BCUT2D eigenvalue weighted by Gasteiger charge is 2.43. The number of carbonyl (C=O) groups excluding carboxylic acids is 2. The molecular formula is C55H83ClN4O10. The van der Waals surface area contributed by atoms with Crippen LogP contribution < -0.4 is 27.9 Å². The molecule has 0 spiro atoms. The quantitative estimate of drug-likeness (QED) is 0.0545. The van der Waals surface area contributed by atoms with Crippen LogP contribution >= 0.6 is 0 Å². The Morgan fingerprint density at radius 3 is 1.84 bits per heavy atom. The molecule has 2 amide bonds. The van der Waals surface area contributed by atoms with Crippen molar-refractivity contribution >= 4 is 29.1 Å². The maximum absolute atomic E-state index is 12.5. The molecule has 2 heterocycles. The molecule has 0 saturated carbocycles. The van der Waals surface area contributed by atoms with Crippen molar-refractivity contribution < 1.29 is 64.5 Å². The number of allylic oxidation sites excluding steroid dienone is 5. The van der Waals surface area contributed by atoms with Gasteiger partial charge in [-0.3, -0.25) is 4.79 Å². The van der Waals surface area contributed by atoms with Crippen molar-refractivity contribution in [3.63, 3.8) is 0 Å². The number of rotatable bonds is 33. The number of hydrogen-bond acceptors (Lipinski definition) is 11. The Kier molecular flexibility index (Phi) is 27.4. The minimum atomic E-state index is -0.406. The van der Waals surface area contributed by atoms with Gasteiger partial charge in [0.25, 0.3) is 0 Å². The summed E-state index contributed by atoms with van der Waals surface area (Å²) in [5.41, 5.74) is 7.65. The second-order valence-electron chi connectivity index (χ2n) is 18.7. The summed E-state index contributed by atoms with van der Waals surface area (Å²) in [6.07, 6.45) is 19.0. The van der Waals surface area contributed by atoms with Crippen molar-refractivity contribution in [3.05, 3.63) is 95.7 Å². The molecule has 2 aromatic carbocycles. The van der Waals surface area contributed by atoms with Crippen LogP contribution in [0.2, 0.25) is 0 Å². The third-order valence-corrected chi connectivity index (χ3v) is 12.8. The van der Waals surface area contributed by atoms with Crippen molar-refractivity contribution in [2.45, 2.75) is 102 Å². The van der Waals surface area contributed by atoms with Gasteiger partial charge in [0, 0.05) is 60.6 Å². The predicted octanol–water partition coefficient (Wildman–Crippen LogP) is 5.34. The van der Waals surface area contributed by atoms with E-state index in [1.807, 2.05) is 6.08 Å². The number of para-hydroxylation sites is 2. The molecule has 0 saturated heterocycles. The molecule has 5 rings (SSSR count). The standard InChI is InChI=1S/C55H82N4O10.ClH/c1-54(2)46-21-13-15-23-48(46)58(5)50(54)25-18-26-51-55(3,4)47-22-14-16-24-49(47)59(51)30-17-9-12-27-52(60)56-28-31-62-33-35-64-37-39-66-41-43-68-44-42-67-40-38-65-36-34-63-32-29-57-53(61)69-45-19-10-7-6-8-11-20-45;/h10,13-16,18-19,21-26,45H,6-9,11-12,17,20,27-44H2,1-5H3,(H-,56,57,60,61);1H/b19-10+;. The van der Waals surface area contributed by atoms with Crippen LogP contribution in [0.15, 0.2) is 84.6 Å². The van der Waals surface area contributed by atoms with Crippen molar-refractivity contribution in [2.24, 2.45) is 0 Å². The number of benzene rings is 2. The summed E-state index contributed by atoms with van der Waals surface area (Å²) < 4.78 is 46.6. The van der Waals surface area contributed by atoms with Gasteiger partial charge in [0.15, 0.2) is 5.71 Å². The molecular weight excluding hydrogens is 912 g/mol. The Morgan fingerprint density at radius 2 is 1.23 bits per heavy atom. The van der Waals surface area contributed by atoms with Gasteiger partial charge in [0.2, 0.25) is 11.6 Å². The number of anilines is 1. The van der Waals surface area contributed by atoms with Crippen LogP contribution in [-0.2, 0) is 53.5 Å². The van der Waals surface area contributed by atoms with Crippen LogP contribution in [0, 0.1) is 0 Å². The maximum Gasteiger partial charge on any atom is 0.407 e. The molecule has 0 aromatic heterocycles. The molecule has 390 valence electrons. The highest BCUT2D eigenvalue weighted by molar-refractivity contribution is 6.03. The number of hydrogen-bond donors (Lipinski definition) is 2. The molecule has 2 N–H and O–H groups in total. The molecule has 0 bridgehead atoms. The lowest BCUT2D eigenvalue weighted by molar-refractivity contribution is -0.401. The Labute approximate surface area is 424 Å². The topological polar surface area (TPSA) is 138 Å². The SMILES string of the molecule is C[N+]1=C(/C=C/C=C2\N(CCCCCC(=O)NCCOCCOCCOCCOCCOCCOCCOCCNC(=O)OC3/C=C/CCCCC3)c3ccccc3C2(C)C)C(C)(C)c2ccccc21.[Cl-]. The molecule has 3 aliphatic rings. The van der Waals surface area contributed by atoms with Gasteiger partial charge in [0.05, 0.1) is 97.9 Å². The third kappa shape index (κ3) is 19.5. The zero-order valence-electron chi connectivity index (χ0n) is 42.8. The van der Waals surface area contributed by atoms with E-state index in [0.29, 0.717) is 112 Å². The highest BCUT2D eigenvalue weighted by Crippen LogP contribution is 2.48. The van der Waals surface area contributed by atoms with Crippen LogP contribution in [0.3, 0.4) is 0 Å². The van der Waals surface area contributed by atoms with Gasteiger partial charge in [-0.15, -0.1) is 0 Å². The van der Waals surface area contributed by atoms with Gasteiger partial charge in [0.1, 0.15) is 13.2 Å². The summed E-state index contributed by atoms with van der Waals surface area (Å²) in [6.45, 7) is 17.5. The van der Waals surface area contributed by atoms with E-state index < -0.39 is 6.09 Å². The number of ether oxygens (including phenoxy) is 8. The fraction of sp³-hybridized carbons (Fsp3) is 0.618. The average Bonchev–Trinajstić information content (AvgIpc) is 3.66. The predicted molar refractivity (Wildman–Crippen MR) is 272 cm³/mol. The number of fused-ring (bicyclic) bond motifs is 2. The van der Waals surface area contributed by atoms with Crippen molar-refractivity contribution in [1.29, 1.82) is 0 Å². The van der Waals surface area contributed by atoms with Crippen LogP contribution in [-0.4, -0.2) is 148 Å². The van der Waals surface area contributed by atoms with Crippen molar-refractivity contribution in [1.82, 2.24) is 10.6 Å². The van der Waals surface area contributed by atoms with Crippen molar-refractivity contribution in [2.75, 3.05) is 124 Å². The molecule has 2 aromatic rings. The summed E-state index contributed by atoms with van der Waals surface area (Å²) in [4.78, 5) is 27.0. The number of nitrogens with one attached hydrogen (secondary N) is 2. The molecule has 2 aliphatic heterocycles. The molecule has 1 unspecified atom stereocenters. The molecule has 0 radical (unpaired) electrons. The van der Waals surface area contributed by atoms with Crippen LogP contribution in [0.25, 0.3) is 0 Å². The molecule has 1 aliphatic carbocycles. The summed E-state index contributed by atoms with van der Waals surface area (Å²) in [6, 6.07) is 17.4. The first-order chi connectivity index (χ1) is 33.6. The first-order valence-electron chi connectivity index (χ1n) is 25.5. The van der Waals surface area contributed by atoms with Crippen molar-refractivity contribution in [3.8, 4) is 0 Å². The molecule has 15 heteroatoms. The van der Waals surface area contributed by atoms with Crippen LogP contribution in [0.1, 0.15) is 96.6 Å². The number of amides is 2. The monoisotopic (exact) mass is 995 g/mol. The number of carbonyl (C=O) groups is 2. The molecule has 0 fully saturated rings. The number of halogens is 1. The van der Waals surface area contributed by atoms with Crippen LogP contribution in [0.4, 0.5) is 16.2 Å². The lowest BCUT2D eigenvalue weighted by Crippen LogP contribution is -3.00. The van der Waals surface area contributed by atoms with Gasteiger partial charge < -0.3 is 65.8 Å². The lowest BCUT2D eigenvalue weighted by Gasteiger charge is -2.27. The fourth-order valence-corrected chi connectivity index (χ4v) is 9.05. The maximum atomic E-state index is 12.5. The second kappa shape index (κ2) is 32.8. The Hall–Kier alpha value is -4.12. The molecule has 14 nitrogen and oxygen atoms in total. The van der Waals surface area contributed by atoms with Crippen LogP contribution in [0.5, 0.6) is 0 Å². The molecule has 1 atom stereocenters. The smallest absolute Gasteiger partial charge is 0.407 e. The van der Waals surface area contributed by atoms with E-state index in [9.17, 15) is 9.59 Å². The molecule has 70 heavy (non-hydrogen) atoms. The van der Waals surface area contributed by atoms with E-state index in [0.717, 1.165) is 45.1 Å². The summed E-state index contributed by atoms with van der Waals surface area (Å²) in [5, 5.41) is 5.71. The zero-order chi connectivity index (χ0) is 49.0. The largest absolute Gasteiger partial charge is 1.00 e. The zero-order valence-corrected chi connectivity index (χ0v) is 43.6.